The molecule has 0 N–H and O–H groups in total. The summed E-state index contributed by atoms with van der Waals surface area (Å²) >= 11 is 0. The molecule has 0 aliphatic carbocycles. The summed E-state index contributed by atoms with van der Waals surface area (Å²) in [6, 6.07) is 9.25. The summed E-state index contributed by atoms with van der Waals surface area (Å²) in [5.41, 5.74) is -0.303. The molecule has 15 heavy (non-hydrogen) atoms. The highest BCUT2D eigenvalue weighted by Gasteiger charge is 2.35. The highest BCUT2D eigenvalue weighted by molar-refractivity contribution is 5.73. The summed E-state index contributed by atoms with van der Waals surface area (Å²) < 4.78 is 4.94. The van der Waals surface area contributed by atoms with Gasteiger partial charge < -0.3 is 4.74 Å². The second kappa shape index (κ2) is 4.56. The minimum absolute atomic E-state index is 0.180. The van der Waals surface area contributed by atoms with Crippen LogP contribution in [0.15, 0.2) is 30.3 Å². The van der Waals surface area contributed by atoms with Crippen molar-refractivity contribution in [2.24, 2.45) is 0 Å². The summed E-state index contributed by atoms with van der Waals surface area (Å²) in [4.78, 5) is 14.4. The van der Waals surface area contributed by atoms with Gasteiger partial charge in [-0.3, -0.25) is 4.79 Å². The molecule has 1 aromatic carbocycles. The third kappa shape index (κ3) is 3.77. The molecular formula is C11H13N2O2+. The van der Waals surface area contributed by atoms with Crippen LogP contribution >= 0.6 is 0 Å². The maximum Gasteiger partial charge on any atom is 0.460 e. The third-order valence-corrected chi connectivity index (χ3v) is 1.80. The fourth-order valence-corrected chi connectivity index (χ4v) is 1.10. The van der Waals surface area contributed by atoms with E-state index < -0.39 is 11.7 Å². The first kappa shape index (κ1) is 11.2. The number of esters is 1. The Morgan fingerprint density at radius 2 is 2.00 bits per heavy atom. The van der Waals surface area contributed by atoms with E-state index in [0.29, 0.717) is 0 Å². The molecule has 4 heteroatoms. The molecule has 0 aliphatic rings. The average molecular weight is 205 g/mol. The van der Waals surface area contributed by atoms with E-state index in [2.05, 4.69) is 4.98 Å². The van der Waals surface area contributed by atoms with Gasteiger partial charge in [-0.15, -0.1) is 0 Å². The zero-order valence-corrected chi connectivity index (χ0v) is 8.80. The standard InChI is InChI=1S/C11H13N2O2/c1-11(2,13-12)15-10(14)8-9-6-4-3-5-7-9/h3-7H,8H2,1-2H3/q+1. The fraction of sp³-hybridized carbons (Fsp3) is 0.364. The number of diazo groups is 1. The largest absolute Gasteiger partial charge is 0.460 e. The molecule has 0 unspecified atom stereocenters. The summed E-state index contributed by atoms with van der Waals surface area (Å²) in [6.45, 7) is 3.02. The lowest BCUT2D eigenvalue weighted by molar-refractivity contribution is -0.152. The predicted molar refractivity (Wildman–Crippen MR) is 55.4 cm³/mol. The monoisotopic (exact) mass is 205 g/mol. The number of carbonyl (C=O) groups is 1. The Balaban J connectivity index is 2.55. The Morgan fingerprint density at radius 3 is 2.53 bits per heavy atom. The number of nitrogens with zero attached hydrogens (tertiary/aromatic N) is 2. The summed E-state index contributed by atoms with van der Waals surface area (Å²) in [5, 5.41) is 8.56. The van der Waals surface area contributed by atoms with Crippen molar-refractivity contribution in [1.82, 2.24) is 0 Å². The molecule has 0 aromatic heterocycles. The molecule has 0 heterocycles. The van der Waals surface area contributed by atoms with Gasteiger partial charge in [0.15, 0.2) is 4.98 Å². The van der Waals surface area contributed by atoms with Crippen LogP contribution in [0.4, 0.5) is 0 Å². The van der Waals surface area contributed by atoms with E-state index in [1.165, 1.54) is 13.8 Å². The van der Waals surface area contributed by atoms with Crippen molar-refractivity contribution in [3.63, 3.8) is 0 Å². The quantitative estimate of drug-likeness (QED) is 0.562. The second-order valence-corrected chi connectivity index (χ2v) is 3.68. The zero-order valence-electron chi connectivity index (χ0n) is 8.80. The first-order chi connectivity index (χ1) is 7.03. The van der Waals surface area contributed by atoms with E-state index in [0.717, 1.165) is 5.56 Å². The number of hydrogen-bond donors (Lipinski definition) is 0. The van der Waals surface area contributed by atoms with E-state index in [4.69, 9.17) is 10.1 Å². The lowest BCUT2D eigenvalue weighted by Gasteiger charge is -2.06. The molecule has 1 aromatic rings. The van der Waals surface area contributed by atoms with Crippen LogP contribution in [0.3, 0.4) is 0 Å². The lowest BCUT2D eigenvalue weighted by Crippen LogP contribution is -2.24. The minimum atomic E-state index is -1.17. The molecule has 0 spiro atoms. The van der Waals surface area contributed by atoms with Crippen molar-refractivity contribution >= 4 is 5.97 Å². The number of ether oxygens (including phenoxy) is 1. The Labute approximate surface area is 88.5 Å². The van der Waals surface area contributed by atoms with Crippen LogP contribution in [0.25, 0.3) is 4.98 Å². The van der Waals surface area contributed by atoms with Crippen molar-refractivity contribution in [1.29, 1.82) is 5.39 Å². The highest BCUT2D eigenvalue weighted by atomic mass is 16.6. The number of benzene rings is 1. The molecule has 1 rings (SSSR count). The van der Waals surface area contributed by atoms with E-state index in [1.807, 2.05) is 30.3 Å². The average Bonchev–Trinajstić information content (AvgIpc) is 2.18. The van der Waals surface area contributed by atoms with Gasteiger partial charge in [-0.05, 0) is 5.56 Å². The number of rotatable bonds is 3. The Hall–Kier alpha value is -1.89. The van der Waals surface area contributed by atoms with Crippen molar-refractivity contribution in [3.05, 3.63) is 40.9 Å². The first-order valence-corrected chi connectivity index (χ1v) is 4.65. The predicted octanol–water partition coefficient (Wildman–Crippen LogP) is 2.36. The van der Waals surface area contributed by atoms with Crippen molar-refractivity contribution in [2.75, 3.05) is 0 Å². The SMILES string of the molecule is CC(C)([N+]#N)OC(=O)Cc1ccccc1. The van der Waals surface area contributed by atoms with Crippen LogP contribution in [0.2, 0.25) is 0 Å². The van der Waals surface area contributed by atoms with Gasteiger partial charge in [-0.2, -0.15) is 0 Å². The molecule has 78 valence electrons. The Kier molecular flexibility index (Phi) is 3.40. The topological polar surface area (TPSA) is 54.4 Å². The number of hydrogen-bond acceptors (Lipinski definition) is 3. The van der Waals surface area contributed by atoms with E-state index >= 15 is 0 Å². The van der Waals surface area contributed by atoms with Gasteiger partial charge in [0, 0.05) is 0 Å². The zero-order chi connectivity index (χ0) is 11.3. The van der Waals surface area contributed by atoms with Crippen LogP contribution < -0.4 is 0 Å². The fourth-order valence-electron chi connectivity index (χ4n) is 1.10. The molecule has 0 amide bonds. The van der Waals surface area contributed by atoms with Gasteiger partial charge in [-0.1, -0.05) is 30.3 Å². The molecule has 0 saturated carbocycles. The van der Waals surface area contributed by atoms with E-state index in [-0.39, 0.29) is 6.42 Å². The molecule has 0 fully saturated rings. The second-order valence-electron chi connectivity index (χ2n) is 3.68. The molecule has 0 atom stereocenters. The summed E-state index contributed by atoms with van der Waals surface area (Å²) in [6.07, 6.45) is 0.180. The minimum Gasteiger partial charge on any atom is -0.384 e. The molecule has 0 aliphatic heterocycles. The molecule has 4 nitrogen and oxygen atoms in total. The van der Waals surface area contributed by atoms with E-state index in [1.54, 1.807) is 0 Å². The molecule has 0 bridgehead atoms. The maximum atomic E-state index is 11.4. The van der Waals surface area contributed by atoms with Crippen LogP contribution in [-0.4, -0.2) is 11.7 Å². The van der Waals surface area contributed by atoms with Gasteiger partial charge in [-0.25, -0.2) is 0 Å². The smallest absolute Gasteiger partial charge is 0.384 e. The van der Waals surface area contributed by atoms with Gasteiger partial charge >= 0.3 is 11.7 Å². The van der Waals surface area contributed by atoms with Gasteiger partial charge in [0.25, 0.3) is 0 Å². The molecular weight excluding hydrogens is 192 g/mol. The third-order valence-electron chi connectivity index (χ3n) is 1.80. The maximum absolute atomic E-state index is 11.4. The van der Waals surface area contributed by atoms with Crippen LogP contribution in [0, 0.1) is 5.39 Å². The normalized spacial score (nSPS) is 10.5. The van der Waals surface area contributed by atoms with Gasteiger partial charge in [0.05, 0.1) is 20.3 Å². The molecule has 0 radical (unpaired) electrons. The van der Waals surface area contributed by atoms with Crippen LogP contribution in [-0.2, 0) is 16.0 Å². The molecule has 0 saturated heterocycles. The van der Waals surface area contributed by atoms with Crippen molar-refractivity contribution < 1.29 is 9.53 Å². The van der Waals surface area contributed by atoms with Crippen LogP contribution in [0.5, 0.6) is 0 Å². The Bertz CT molecular complexity index is 379. The number of carbonyl (C=O) groups excluding carboxylic acids is 1. The van der Waals surface area contributed by atoms with E-state index in [9.17, 15) is 4.79 Å². The lowest BCUT2D eigenvalue weighted by atomic mass is 10.1. The van der Waals surface area contributed by atoms with Crippen molar-refractivity contribution in [2.45, 2.75) is 26.0 Å². The summed E-state index contributed by atoms with van der Waals surface area (Å²) in [5.74, 6) is -0.413. The first-order valence-electron chi connectivity index (χ1n) is 4.65. The highest BCUT2D eigenvalue weighted by Crippen LogP contribution is 2.12. The van der Waals surface area contributed by atoms with Gasteiger partial charge in [0.1, 0.15) is 0 Å². The van der Waals surface area contributed by atoms with Gasteiger partial charge in [0.2, 0.25) is 5.39 Å². The summed E-state index contributed by atoms with van der Waals surface area (Å²) in [7, 11) is 0. The Morgan fingerprint density at radius 1 is 1.40 bits per heavy atom. The van der Waals surface area contributed by atoms with Crippen molar-refractivity contribution in [3.8, 4) is 0 Å². The van der Waals surface area contributed by atoms with Crippen LogP contribution in [0.1, 0.15) is 19.4 Å².